The average Bonchev–Trinajstić information content (AvgIpc) is 2.59. The standard InChI is InChI=1S/C18H25N3O4/c1-13(2)25-12-6-10-19-16(22)9-11-21-15-8-5-4-7-14(15)20(3)17(23)18(21)24/h4-5,7-8,13H,6,9-12H2,1-3H3,(H,19,22). The highest BCUT2D eigenvalue weighted by Gasteiger charge is 2.11. The maximum atomic E-state index is 12.3. The van der Waals surface area contributed by atoms with Gasteiger partial charge in [0.25, 0.3) is 0 Å². The number of carbonyl (C=O) groups excluding carboxylic acids is 1. The predicted molar refractivity (Wildman–Crippen MR) is 96.8 cm³/mol. The van der Waals surface area contributed by atoms with Gasteiger partial charge in [0.2, 0.25) is 5.91 Å². The van der Waals surface area contributed by atoms with Gasteiger partial charge in [-0.05, 0) is 32.4 Å². The summed E-state index contributed by atoms with van der Waals surface area (Å²) in [4.78, 5) is 36.3. The van der Waals surface area contributed by atoms with E-state index in [0.717, 1.165) is 6.42 Å². The molecule has 0 radical (unpaired) electrons. The smallest absolute Gasteiger partial charge is 0.316 e. The van der Waals surface area contributed by atoms with Crippen molar-refractivity contribution < 1.29 is 9.53 Å². The van der Waals surface area contributed by atoms with E-state index in [0.29, 0.717) is 24.2 Å². The Morgan fingerprint density at radius 2 is 1.84 bits per heavy atom. The predicted octanol–water partition coefficient (Wildman–Crippen LogP) is 1.02. The highest BCUT2D eigenvalue weighted by Crippen LogP contribution is 2.09. The van der Waals surface area contributed by atoms with Crippen molar-refractivity contribution in [3.05, 3.63) is 45.0 Å². The molecule has 0 spiro atoms. The summed E-state index contributed by atoms with van der Waals surface area (Å²) in [5.74, 6) is -0.152. The molecule has 7 nitrogen and oxygen atoms in total. The summed E-state index contributed by atoms with van der Waals surface area (Å²) >= 11 is 0. The molecule has 2 aromatic rings. The highest BCUT2D eigenvalue weighted by molar-refractivity contribution is 5.77. The number of amides is 1. The van der Waals surface area contributed by atoms with Crippen molar-refractivity contribution in [1.82, 2.24) is 14.5 Å². The average molecular weight is 347 g/mol. The maximum absolute atomic E-state index is 12.3. The first-order valence-electron chi connectivity index (χ1n) is 8.48. The SMILES string of the molecule is CC(C)OCCCNC(=O)CCn1c(=O)c(=O)n(C)c2ccccc21. The zero-order valence-electron chi connectivity index (χ0n) is 14.9. The van der Waals surface area contributed by atoms with Crippen LogP contribution in [0.15, 0.2) is 33.9 Å². The van der Waals surface area contributed by atoms with E-state index in [1.807, 2.05) is 19.9 Å². The Morgan fingerprint density at radius 1 is 1.16 bits per heavy atom. The molecule has 0 aliphatic rings. The van der Waals surface area contributed by atoms with Gasteiger partial charge in [0.05, 0.1) is 17.1 Å². The molecular weight excluding hydrogens is 322 g/mol. The van der Waals surface area contributed by atoms with Crippen LogP contribution in [0.5, 0.6) is 0 Å². The molecule has 0 saturated carbocycles. The second-order valence-corrected chi connectivity index (χ2v) is 6.18. The van der Waals surface area contributed by atoms with Crippen molar-refractivity contribution in [2.45, 2.75) is 39.3 Å². The van der Waals surface area contributed by atoms with Gasteiger partial charge in [0, 0.05) is 33.2 Å². The summed E-state index contributed by atoms with van der Waals surface area (Å²) in [6.45, 7) is 5.22. The lowest BCUT2D eigenvalue weighted by Crippen LogP contribution is -2.41. The molecule has 7 heteroatoms. The minimum absolute atomic E-state index is 0.141. The Kier molecular flexibility index (Phi) is 6.52. The Bertz CT molecular complexity index is 852. The number of benzene rings is 1. The monoisotopic (exact) mass is 347 g/mol. The first-order valence-corrected chi connectivity index (χ1v) is 8.48. The number of ether oxygens (including phenoxy) is 1. The van der Waals surface area contributed by atoms with E-state index < -0.39 is 11.1 Å². The quantitative estimate of drug-likeness (QED) is 0.571. The lowest BCUT2D eigenvalue weighted by atomic mass is 10.2. The van der Waals surface area contributed by atoms with Crippen molar-refractivity contribution >= 4 is 16.9 Å². The molecule has 1 heterocycles. The summed E-state index contributed by atoms with van der Waals surface area (Å²) in [5.41, 5.74) is 0.107. The molecule has 1 N–H and O–H groups in total. The molecule has 0 aliphatic carbocycles. The minimum Gasteiger partial charge on any atom is -0.379 e. The molecule has 136 valence electrons. The largest absolute Gasteiger partial charge is 0.379 e. The molecule has 0 atom stereocenters. The number of fused-ring (bicyclic) bond motifs is 1. The number of aromatic nitrogens is 2. The van der Waals surface area contributed by atoms with Crippen LogP contribution in [0, 0.1) is 0 Å². The zero-order valence-corrected chi connectivity index (χ0v) is 14.9. The number of nitrogens with one attached hydrogen (secondary N) is 1. The van der Waals surface area contributed by atoms with Gasteiger partial charge in [-0.1, -0.05) is 12.1 Å². The molecule has 0 unspecified atom stereocenters. The van der Waals surface area contributed by atoms with Crippen LogP contribution >= 0.6 is 0 Å². The second kappa shape index (κ2) is 8.62. The van der Waals surface area contributed by atoms with Crippen molar-refractivity contribution in [1.29, 1.82) is 0 Å². The van der Waals surface area contributed by atoms with Crippen LogP contribution in [0.4, 0.5) is 0 Å². The van der Waals surface area contributed by atoms with Crippen LogP contribution in [0.3, 0.4) is 0 Å². The Labute approximate surface area is 146 Å². The van der Waals surface area contributed by atoms with Crippen molar-refractivity contribution in [2.24, 2.45) is 7.05 Å². The first-order chi connectivity index (χ1) is 11.9. The molecule has 0 fully saturated rings. The number of para-hydroxylation sites is 2. The Balaban J connectivity index is 2.00. The second-order valence-electron chi connectivity index (χ2n) is 6.18. The fourth-order valence-corrected chi connectivity index (χ4v) is 2.60. The van der Waals surface area contributed by atoms with Crippen molar-refractivity contribution in [2.75, 3.05) is 13.2 Å². The lowest BCUT2D eigenvalue weighted by molar-refractivity contribution is -0.121. The number of carbonyl (C=O) groups is 1. The summed E-state index contributed by atoms with van der Waals surface area (Å²) < 4.78 is 8.12. The van der Waals surface area contributed by atoms with Crippen LogP contribution < -0.4 is 16.4 Å². The molecule has 0 bridgehead atoms. The maximum Gasteiger partial charge on any atom is 0.316 e. The van der Waals surface area contributed by atoms with E-state index in [2.05, 4.69) is 5.32 Å². The molecule has 1 aromatic carbocycles. The molecule has 2 rings (SSSR count). The number of hydrogen-bond acceptors (Lipinski definition) is 4. The Hall–Kier alpha value is -2.41. The minimum atomic E-state index is -0.612. The number of hydrogen-bond donors (Lipinski definition) is 1. The fourth-order valence-electron chi connectivity index (χ4n) is 2.60. The van der Waals surface area contributed by atoms with E-state index in [9.17, 15) is 14.4 Å². The first kappa shape index (κ1) is 18.9. The lowest BCUT2D eigenvalue weighted by Gasteiger charge is -2.12. The third-order valence-corrected chi connectivity index (χ3v) is 3.92. The van der Waals surface area contributed by atoms with Crippen LogP contribution in [0.1, 0.15) is 26.7 Å². The van der Waals surface area contributed by atoms with Crippen molar-refractivity contribution in [3.63, 3.8) is 0 Å². The van der Waals surface area contributed by atoms with E-state index in [-0.39, 0.29) is 25.0 Å². The van der Waals surface area contributed by atoms with Crippen LogP contribution in [-0.2, 0) is 23.1 Å². The molecule has 1 aromatic heterocycles. The summed E-state index contributed by atoms with van der Waals surface area (Å²) in [7, 11) is 1.57. The van der Waals surface area contributed by atoms with E-state index in [1.54, 1.807) is 25.2 Å². The van der Waals surface area contributed by atoms with Crippen LogP contribution in [0.2, 0.25) is 0 Å². The fraction of sp³-hybridized carbons (Fsp3) is 0.500. The van der Waals surface area contributed by atoms with Crippen molar-refractivity contribution in [3.8, 4) is 0 Å². The normalized spacial score (nSPS) is 11.2. The Morgan fingerprint density at radius 3 is 2.52 bits per heavy atom. The van der Waals surface area contributed by atoms with Crippen LogP contribution in [-0.4, -0.2) is 34.3 Å². The van der Waals surface area contributed by atoms with Gasteiger partial charge >= 0.3 is 11.1 Å². The highest BCUT2D eigenvalue weighted by atomic mass is 16.5. The summed E-state index contributed by atoms with van der Waals surface area (Å²) in [6, 6.07) is 7.17. The van der Waals surface area contributed by atoms with Gasteiger partial charge in [-0.25, -0.2) is 0 Å². The molecular formula is C18H25N3O4. The number of aryl methyl sites for hydroxylation is 2. The number of rotatable bonds is 8. The molecule has 25 heavy (non-hydrogen) atoms. The molecule has 0 aliphatic heterocycles. The van der Waals surface area contributed by atoms with Gasteiger partial charge in [-0.15, -0.1) is 0 Å². The van der Waals surface area contributed by atoms with Gasteiger partial charge in [0.1, 0.15) is 0 Å². The van der Waals surface area contributed by atoms with E-state index in [4.69, 9.17) is 4.74 Å². The topological polar surface area (TPSA) is 82.3 Å². The molecule has 1 amide bonds. The third-order valence-electron chi connectivity index (χ3n) is 3.92. The summed E-state index contributed by atoms with van der Waals surface area (Å²) in [6.07, 6.45) is 1.05. The number of nitrogens with zero attached hydrogens (tertiary/aromatic N) is 2. The van der Waals surface area contributed by atoms with Gasteiger partial charge < -0.3 is 19.2 Å². The van der Waals surface area contributed by atoms with E-state index in [1.165, 1.54) is 9.13 Å². The van der Waals surface area contributed by atoms with Crippen LogP contribution in [0.25, 0.3) is 11.0 Å². The zero-order chi connectivity index (χ0) is 18.4. The van der Waals surface area contributed by atoms with Gasteiger partial charge in [-0.3, -0.25) is 14.4 Å². The third kappa shape index (κ3) is 4.79. The molecule has 0 saturated heterocycles. The summed E-state index contributed by atoms with van der Waals surface area (Å²) in [5, 5.41) is 2.80. The van der Waals surface area contributed by atoms with Gasteiger partial charge in [-0.2, -0.15) is 0 Å². The van der Waals surface area contributed by atoms with E-state index >= 15 is 0 Å². The van der Waals surface area contributed by atoms with Gasteiger partial charge in [0.15, 0.2) is 0 Å².